The number of hydrogen-bond acceptors (Lipinski definition) is 3. The van der Waals surface area contributed by atoms with Crippen molar-refractivity contribution in [2.45, 2.75) is 38.1 Å². The second-order valence-electron chi connectivity index (χ2n) is 10.3. The molecule has 4 aliphatic rings. The number of anilines is 1. The Balaban J connectivity index is 1.42. The average molecular weight is 465 g/mol. The first kappa shape index (κ1) is 21.8. The van der Waals surface area contributed by atoms with Crippen LogP contribution >= 0.6 is 0 Å². The summed E-state index contributed by atoms with van der Waals surface area (Å²) in [5, 5.41) is 2.93. The minimum atomic E-state index is -0.841. The molecular weight excluding hydrogens is 436 g/mol. The molecule has 1 heterocycles. The molecule has 1 aliphatic heterocycles. The Morgan fingerprint density at radius 3 is 1.60 bits per heavy atom. The minimum Gasteiger partial charge on any atom is -0.324 e. The van der Waals surface area contributed by atoms with Gasteiger partial charge in [-0.2, -0.15) is 0 Å². The topological polar surface area (TPSA) is 66.5 Å². The van der Waals surface area contributed by atoms with E-state index in [1.54, 1.807) is 0 Å². The lowest BCUT2D eigenvalue weighted by Crippen LogP contribution is -2.48. The largest absolute Gasteiger partial charge is 0.324 e. The van der Waals surface area contributed by atoms with Gasteiger partial charge in [0, 0.05) is 17.5 Å². The molecule has 1 saturated heterocycles. The van der Waals surface area contributed by atoms with Gasteiger partial charge in [0.2, 0.25) is 17.7 Å². The summed E-state index contributed by atoms with van der Waals surface area (Å²) in [4.78, 5) is 42.9. The van der Waals surface area contributed by atoms with Crippen LogP contribution in [0.3, 0.4) is 0 Å². The van der Waals surface area contributed by atoms with Crippen LogP contribution in [0.2, 0.25) is 0 Å². The van der Waals surface area contributed by atoms with E-state index in [0.29, 0.717) is 12.1 Å². The van der Waals surface area contributed by atoms with Crippen LogP contribution in [0.5, 0.6) is 0 Å². The first-order chi connectivity index (χ1) is 17.0. The van der Waals surface area contributed by atoms with E-state index < -0.39 is 17.9 Å². The van der Waals surface area contributed by atoms with Crippen LogP contribution in [0.25, 0.3) is 0 Å². The van der Waals surface area contributed by atoms with Crippen molar-refractivity contribution in [3.63, 3.8) is 0 Å². The smallest absolute Gasteiger partial charge is 0.247 e. The summed E-state index contributed by atoms with van der Waals surface area (Å²) in [6, 6.07) is 24.7. The molecule has 0 unspecified atom stereocenters. The molecule has 3 aromatic rings. The Labute approximate surface area is 205 Å². The molecule has 0 aromatic heterocycles. The van der Waals surface area contributed by atoms with Gasteiger partial charge in [-0.1, -0.05) is 80.6 Å². The summed E-state index contributed by atoms with van der Waals surface area (Å²) < 4.78 is 0. The Hall–Kier alpha value is -3.73. The highest BCUT2D eigenvalue weighted by molar-refractivity contribution is 6.11. The molecule has 3 atom stereocenters. The summed E-state index contributed by atoms with van der Waals surface area (Å²) in [6.07, 6.45) is 0.421. The SMILES string of the molecule is CC(C)C[C@@H](C(=O)Nc1ccccc1)N1C(=O)[C@@H]2C3c4ccccc4C(c4ccccc43)[C@@H]2C1=O. The second kappa shape index (κ2) is 8.19. The molecule has 0 radical (unpaired) electrons. The third-order valence-corrected chi connectivity index (χ3v) is 7.83. The van der Waals surface area contributed by atoms with Crippen molar-refractivity contribution in [2.75, 3.05) is 5.32 Å². The monoisotopic (exact) mass is 464 g/mol. The van der Waals surface area contributed by atoms with Gasteiger partial charge in [0.05, 0.1) is 11.8 Å². The minimum absolute atomic E-state index is 0.135. The predicted molar refractivity (Wildman–Crippen MR) is 134 cm³/mol. The Morgan fingerprint density at radius 1 is 0.743 bits per heavy atom. The highest BCUT2D eigenvalue weighted by Gasteiger charge is 2.63. The number of hydrogen-bond donors (Lipinski definition) is 1. The number of carbonyl (C=O) groups excluding carboxylic acids is 3. The molecule has 3 amide bonds. The van der Waals surface area contributed by atoms with Crippen molar-refractivity contribution in [3.8, 4) is 0 Å². The van der Waals surface area contributed by atoms with Gasteiger partial charge in [0.1, 0.15) is 6.04 Å². The van der Waals surface area contributed by atoms with E-state index >= 15 is 0 Å². The molecule has 2 bridgehead atoms. The van der Waals surface area contributed by atoms with Crippen LogP contribution in [0, 0.1) is 17.8 Å². The van der Waals surface area contributed by atoms with E-state index in [0.717, 1.165) is 22.3 Å². The van der Waals surface area contributed by atoms with E-state index in [9.17, 15) is 14.4 Å². The van der Waals surface area contributed by atoms with E-state index in [1.165, 1.54) is 4.90 Å². The summed E-state index contributed by atoms with van der Waals surface area (Å²) in [5.74, 6) is -1.90. The third-order valence-electron chi connectivity index (χ3n) is 7.83. The van der Waals surface area contributed by atoms with Gasteiger partial charge in [-0.3, -0.25) is 19.3 Å². The van der Waals surface area contributed by atoms with Crippen LogP contribution in [0.1, 0.15) is 54.4 Å². The van der Waals surface area contributed by atoms with E-state index in [1.807, 2.05) is 68.4 Å². The van der Waals surface area contributed by atoms with Crippen molar-refractivity contribution in [1.29, 1.82) is 0 Å². The van der Waals surface area contributed by atoms with Crippen LogP contribution in [0.15, 0.2) is 78.9 Å². The molecule has 1 fully saturated rings. The molecule has 7 rings (SSSR count). The Bertz CT molecular complexity index is 1220. The van der Waals surface area contributed by atoms with Gasteiger partial charge in [-0.05, 0) is 46.7 Å². The predicted octanol–water partition coefficient (Wildman–Crippen LogP) is 4.93. The van der Waals surface area contributed by atoms with Gasteiger partial charge in [0.15, 0.2) is 0 Å². The fraction of sp³-hybridized carbons (Fsp3) is 0.300. The fourth-order valence-electron chi connectivity index (χ4n) is 6.53. The third kappa shape index (κ3) is 3.25. The zero-order valence-electron chi connectivity index (χ0n) is 19.8. The number of nitrogens with zero attached hydrogens (tertiary/aromatic N) is 1. The van der Waals surface area contributed by atoms with Gasteiger partial charge >= 0.3 is 0 Å². The summed E-state index contributed by atoms with van der Waals surface area (Å²) in [5.41, 5.74) is 5.19. The molecular formula is C30H28N2O3. The number of amides is 3. The van der Waals surface area contributed by atoms with Gasteiger partial charge in [-0.15, -0.1) is 0 Å². The molecule has 176 valence electrons. The fourth-order valence-corrected chi connectivity index (χ4v) is 6.53. The Morgan fingerprint density at radius 2 is 1.17 bits per heavy atom. The standard InChI is InChI=1S/C30H28N2O3/c1-17(2)16-23(28(33)31-18-10-4-3-5-11-18)32-29(34)26-24-19-12-6-7-13-20(19)25(27(26)30(32)35)22-15-9-8-14-21(22)24/h3-15,17,23-27H,16H2,1-2H3,(H,31,33)/t23-,24?,25?,26-,27+/m0/s1. The maximum absolute atomic E-state index is 14.1. The van der Waals surface area contributed by atoms with Crippen LogP contribution in [-0.2, 0) is 14.4 Å². The molecule has 5 nitrogen and oxygen atoms in total. The summed E-state index contributed by atoms with van der Waals surface area (Å²) in [6.45, 7) is 4.02. The lowest BCUT2D eigenvalue weighted by Gasteiger charge is -2.45. The lowest BCUT2D eigenvalue weighted by molar-refractivity contribution is -0.147. The molecule has 0 saturated carbocycles. The zero-order valence-corrected chi connectivity index (χ0v) is 19.8. The maximum Gasteiger partial charge on any atom is 0.247 e. The number of imide groups is 1. The van der Waals surface area contributed by atoms with Crippen LogP contribution in [0.4, 0.5) is 5.69 Å². The highest BCUT2D eigenvalue weighted by atomic mass is 16.2. The van der Waals surface area contributed by atoms with Crippen molar-refractivity contribution in [3.05, 3.63) is 101 Å². The van der Waals surface area contributed by atoms with Gasteiger partial charge < -0.3 is 5.32 Å². The van der Waals surface area contributed by atoms with Crippen LogP contribution < -0.4 is 5.32 Å². The van der Waals surface area contributed by atoms with Crippen molar-refractivity contribution in [1.82, 2.24) is 4.90 Å². The second-order valence-corrected chi connectivity index (χ2v) is 10.3. The first-order valence-electron chi connectivity index (χ1n) is 12.4. The number of benzene rings is 3. The average Bonchev–Trinajstić information content (AvgIpc) is 3.13. The van der Waals surface area contributed by atoms with Crippen molar-refractivity contribution >= 4 is 23.4 Å². The zero-order chi connectivity index (χ0) is 24.3. The van der Waals surface area contributed by atoms with Crippen LogP contribution in [-0.4, -0.2) is 28.7 Å². The quantitative estimate of drug-likeness (QED) is 0.545. The van der Waals surface area contributed by atoms with Crippen molar-refractivity contribution < 1.29 is 14.4 Å². The molecule has 5 heteroatoms. The molecule has 35 heavy (non-hydrogen) atoms. The summed E-state index contributed by atoms with van der Waals surface area (Å²) >= 11 is 0. The summed E-state index contributed by atoms with van der Waals surface area (Å²) in [7, 11) is 0. The number of rotatable bonds is 5. The maximum atomic E-state index is 14.1. The molecule has 0 spiro atoms. The first-order valence-corrected chi connectivity index (χ1v) is 12.4. The van der Waals surface area contributed by atoms with E-state index in [-0.39, 0.29) is 35.5 Å². The highest BCUT2D eigenvalue weighted by Crippen LogP contribution is 2.61. The van der Waals surface area contributed by atoms with Gasteiger partial charge in [-0.25, -0.2) is 0 Å². The number of carbonyl (C=O) groups is 3. The number of para-hydroxylation sites is 1. The molecule has 3 aromatic carbocycles. The lowest BCUT2D eigenvalue weighted by atomic mass is 9.55. The normalized spacial score (nSPS) is 24.7. The number of likely N-dealkylation sites (tertiary alicyclic amines) is 1. The Kier molecular flexibility index (Phi) is 5.10. The van der Waals surface area contributed by atoms with E-state index in [2.05, 4.69) is 29.6 Å². The van der Waals surface area contributed by atoms with Crippen molar-refractivity contribution in [2.24, 2.45) is 17.8 Å². The molecule has 3 aliphatic carbocycles. The van der Waals surface area contributed by atoms with Gasteiger partial charge in [0.25, 0.3) is 0 Å². The number of nitrogens with one attached hydrogen (secondary N) is 1. The molecule has 1 N–H and O–H groups in total. The van der Waals surface area contributed by atoms with E-state index in [4.69, 9.17) is 0 Å².